The van der Waals surface area contributed by atoms with Crippen LogP contribution in [-0.2, 0) is 10.1 Å². The van der Waals surface area contributed by atoms with Crippen molar-refractivity contribution in [2.45, 2.75) is 25.3 Å². The van der Waals surface area contributed by atoms with Crippen LogP contribution >= 0.6 is 0 Å². The van der Waals surface area contributed by atoms with Gasteiger partial charge in [0.05, 0.1) is 5.75 Å². The van der Waals surface area contributed by atoms with E-state index in [2.05, 4.69) is 11.4 Å². The van der Waals surface area contributed by atoms with Crippen molar-refractivity contribution < 1.29 is 13.0 Å². The predicted molar refractivity (Wildman–Crippen MR) is 51.2 cm³/mol. The van der Waals surface area contributed by atoms with Gasteiger partial charge in [0.2, 0.25) is 0 Å². The van der Waals surface area contributed by atoms with Crippen molar-refractivity contribution in [3.05, 3.63) is 12.2 Å². The summed E-state index contributed by atoms with van der Waals surface area (Å²) in [6.45, 7) is 0.313. The van der Waals surface area contributed by atoms with Crippen LogP contribution in [0.3, 0.4) is 0 Å². The highest BCUT2D eigenvalue weighted by atomic mass is 32.2. The van der Waals surface area contributed by atoms with Gasteiger partial charge in [-0.2, -0.15) is 8.42 Å². The average molecular weight is 205 g/mol. The SMILES string of the molecule is O=S(=O)(O)CCNC1C=CCCC1. The number of hydrogen-bond donors (Lipinski definition) is 2. The summed E-state index contributed by atoms with van der Waals surface area (Å²) in [6.07, 6.45) is 7.43. The molecule has 1 unspecified atom stereocenters. The van der Waals surface area contributed by atoms with Crippen LogP contribution in [0.2, 0.25) is 0 Å². The molecule has 0 fully saturated rings. The van der Waals surface area contributed by atoms with Crippen LogP contribution in [0.15, 0.2) is 12.2 Å². The van der Waals surface area contributed by atoms with Crippen LogP contribution in [0.5, 0.6) is 0 Å². The Bertz CT molecular complexity index is 271. The third kappa shape index (κ3) is 5.02. The number of rotatable bonds is 4. The van der Waals surface area contributed by atoms with Crippen LogP contribution in [0, 0.1) is 0 Å². The fraction of sp³-hybridized carbons (Fsp3) is 0.750. The average Bonchev–Trinajstić information content (AvgIpc) is 2.04. The lowest BCUT2D eigenvalue weighted by molar-refractivity contribution is 0.475. The fourth-order valence-electron chi connectivity index (χ4n) is 1.36. The molecule has 0 aromatic rings. The summed E-state index contributed by atoms with van der Waals surface area (Å²) in [5.74, 6) is -0.211. The third-order valence-corrected chi connectivity index (χ3v) is 2.74. The van der Waals surface area contributed by atoms with Crippen LogP contribution in [-0.4, -0.2) is 31.3 Å². The largest absolute Gasteiger partial charge is 0.309 e. The normalized spacial score (nSPS) is 23.3. The Morgan fingerprint density at radius 3 is 2.85 bits per heavy atom. The van der Waals surface area contributed by atoms with Crippen LogP contribution in [0.25, 0.3) is 0 Å². The minimum Gasteiger partial charge on any atom is -0.309 e. The maximum Gasteiger partial charge on any atom is 0.266 e. The van der Waals surface area contributed by atoms with E-state index in [1.54, 1.807) is 0 Å². The van der Waals surface area contributed by atoms with Gasteiger partial charge in [0.25, 0.3) is 10.1 Å². The van der Waals surface area contributed by atoms with Gasteiger partial charge in [-0.15, -0.1) is 0 Å². The van der Waals surface area contributed by atoms with E-state index in [0.29, 0.717) is 6.54 Å². The lowest BCUT2D eigenvalue weighted by Crippen LogP contribution is -2.32. The van der Waals surface area contributed by atoms with Gasteiger partial charge in [-0.25, -0.2) is 0 Å². The van der Waals surface area contributed by atoms with Crippen molar-refractivity contribution in [1.82, 2.24) is 5.32 Å². The highest BCUT2D eigenvalue weighted by Gasteiger charge is 2.09. The lowest BCUT2D eigenvalue weighted by atomic mass is 10.0. The Labute approximate surface area is 78.8 Å². The second kappa shape index (κ2) is 4.74. The van der Waals surface area contributed by atoms with E-state index >= 15 is 0 Å². The maximum absolute atomic E-state index is 10.4. The molecule has 0 heterocycles. The van der Waals surface area contributed by atoms with E-state index in [1.165, 1.54) is 0 Å². The van der Waals surface area contributed by atoms with Gasteiger partial charge in [0.15, 0.2) is 0 Å². The van der Waals surface area contributed by atoms with Crippen molar-refractivity contribution in [2.75, 3.05) is 12.3 Å². The first-order valence-corrected chi connectivity index (χ1v) is 6.04. The van der Waals surface area contributed by atoms with Gasteiger partial charge in [0, 0.05) is 12.6 Å². The molecule has 0 aromatic carbocycles. The molecule has 1 aliphatic rings. The fourth-order valence-corrected chi connectivity index (χ4v) is 1.73. The molecule has 13 heavy (non-hydrogen) atoms. The monoisotopic (exact) mass is 205 g/mol. The zero-order valence-corrected chi connectivity index (χ0v) is 8.26. The minimum absolute atomic E-state index is 0.211. The molecule has 0 radical (unpaired) electrons. The molecule has 0 saturated carbocycles. The topological polar surface area (TPSA) is 66.4 Å². The van der Waals surface area contributed by atoms with Crippen molar-refractivity contribution >= 4 is 10.1 Å². The Morgan fingerprint density at radius 2 is 2.31 bits per heavy atom. The molecule has 0 spiro atoms. The van der Waals surface area contributed by atoms with E-state index in [-0.39, 0.29) is 11.8 Å². The maximum atomic E-state index is 10.4. The Morgan fingerprint density at radius 1 is 1.54 bits per heavy atom. The van der Waals surface area contributed by atoms with Crippen molar-refractivity contribution in [3.8, 4) is 0 Å². The molecule has 76 valence electrons. The third-order valence-electron chi connectivity index (χ3n) is 2.02. The first kappa shape index (κ1) is 10.7. The quantitative estimate of drug-likeness (QED) is 0.520. The molecule has 5 heteroatoms. The number of hydrogen-bond acceptors (Lipinski definition) is 3. The number of nitrogens with one attached hydrogen (secondary N) is 1. The zero-order valence-electron chi connectivity index (χ0n) is 7.44. The summed E-state index contributed by atoms with van der Waals surface area (Å²) in [6, 6.07) is 0.274. The van der Waals surface area contributed by atoms with Gasteiger partial charge in [-0.3, -0.25) is 4.55 Å². The molecule has 0 amide bonds. The zero-order chi connectivity index (χ0) is 9.73. The molecule has 1 rings (SSSR count). The first-order valence-electron chi connectivity index (χ1n) is 4.43. The highest BCUT2D eigenvalue weighted by molar-refractivity contribution is 7.85. The van der Waals surface area contributed by atoms with Crippen LogP contribution in [0.4, 0.5) is 0 Å². The van der Waals surface area contributed by atoms with Gasteiger partial charge < -0.3 is 5.32 Å². The van der Waals surface area contributed by atoms with Crippen molar-refractivity contribution in [1.29, 1.82) is 0 Å². The Kier molecular flexibility index (Phi) is 3.90. The summed E-state index contributed by atoms with van der Waals surface area (Å²) < 4.78 is 29.2. The molecule has 0 saturated heterocycles. The molecule has 4 nitrogen and oxygen atoms in total. The van der Waals surface area contributed by atoms with E-state index < -0.39 is 10.1 Å². The second-order valence-electron chi connectivity index (χ2n) is 3.21. The van der Waals surface area contributed by atoms with Gasteiger partial charge >= 0.3 is 0 Å². The molecular weight excluding hydrogens is 190 g/mol. The molecule has 0 aliphatic heterocycles. The predicted octanol–water partition coefficient (Wildman–Crippen LogP) is 0.573. The molecule has 1 aliphatic carbocycles. The summed E-state index contributed by atoms with van der Waals surface area (Å²) in [5.41, 5.74) is 0. The van der Waals surface area contributed by atoms with Crippen molar-refractivity contribution in [3.63, 3.8) is 0 Å². The molecule has 1 atom stereocenters. The standard InChI is InChI=1S/C8H15NO3S/c10-13(11,12)7-6-9-8-4-2-1-3-5-8/h2,4,8-9H,1,3,5-7H2,(H,10,11,12). The van der Waals surface area contributed by atoms with Crippen LogP contribution < -0.4 is 5.32 Å². The summed E-state index contributed by atoms with van der Waals surface area (Å²) in [7, 11) is -3.81. The summed E-state index contributed by atoms with van der Waals surface area (Å²) >= 11 is 0. The van der Waals surface area contributed by atoms with Crippen molar-refractivity contribution in [2.24, 2.45) is 0 Å². The minimum atomic E-state index is -3.81. The Hall–Kier alpha value is -0.390. The molecular formula is C8H15NO3S. The highest BCUT2D eigenvalue weighted by Crippen LogP contribution is 2.09. The molecule has 0 bridgehead atoms. The smallest absolute Gasteiger partial charge is 0.266 e. The first-order chi connectivity index (χ1) is 6.08. The molecule has 2 N–H and O–H groups in total. The summed E-state index contributed by atoms with van der Waals surface area (Å²) in [5, 5.41) is 3.05. The lowest BCUT2D eigenvalue weighted by Gasteiger charge is -2.17. The Balaban J connectivity index is 2.19. The van der Waals surface area contributed by atoms with Gasteiger partial charge in [0.1, 0.15) is 0 Å². The van der Waals surface area contributed by atoms with Gasteiger partial charge in [-0.05, 0) is 19.3 Å². The second-order valence-corrected chi connectivity index (χ2v) is 4.78. The summed E-state index contributed by atoms with van der Waals surface area (Å²) in [4.78, 5) is 0. The van der Waals surface area contributed by atoms with Crippen LogP contribution in [0.1, 0.15) is 19.3 Å². The number of allylic oxidation sites excluding steroid dienone is 1. The molecule has 0 aromatic heterocycles. The van der Waals surface area contributed by atoms with E-state index in [0.717, 1.165) is 19.3 Å². The van der Waals surface area contributed by atoms with E-state index in [9.17, 15) is 8.42 Å². The van der Waals surface area contributed by atoms with Gasteiger partial charge in [-0.1, -0.05) is 12.2 Å². The van der Waals surface area contributed by atoms with E-state index in [1.807, 2.05) is 6.08 Å². The van der Waals surface area contributed by atoms with E-state index in [4.69, 9.17) is 4.55 Å².